The van der Waals surface area contributed by atoms with Gasteiger partial charge >= 0.3 is 0 Å². The predicted molar refractivity (Wildman–Crippen MR) is 114 cm³/mol. The highest BCUT2D eigenvalue weighted by molar-refractivity contribution is 5.84. The fourth-order valence-corrected chi connectivity index (χ4v) is 3.16. The predicted octanol–water partition coefficient (Wildman–Crippen LogP) is 0.802. The first-order chi connectivity index (χ1) is 13.4. The lowest BCUT2D eigenvalue weighted by Crippen LogP contribution is -2.45. The number of nitrogens with one attached hydrogen (secondary N) is 2. The van der Waals surface area contributed by atoms with Crippen molar-refractivity contribution in [3.63, 3.8) is 0 Å². The van der Waals surface area contributed by atoms with Crippen LogP contribution in [0.1, 0.15) is 16.7 Å². The number of carbonyl (C=O) groups excluding carboxylic acids is 1. The number of likely N-dealkylation sites (N-methyl/N-ethyl adjacent to an activating group) is 1. The first kappa shape index (κ1) is 22.2. The van der Waals surface area contributed by atoms with Crippen LogP contribution in [0.15, 0.2) is 23.2 Å². The number of nitrogens with zero attached hydrogens (tertiary/aromatic N) is 3. The first-order valence-corrected chi connectivity index (χ1v) is 10.0. The van der Waals surface area contributed by atoms with Crippen LogP contribution < -0.4 is 10.6 Å². The average molecular weight is 390 g/mol. The van der Waals surface area contributed by atoms with Gasteiger partial charge in [0.15, 0.2) is 5.96 Å². The molecule has 1 aliphatic rings. The van der Waals surface area contributed by atoms with Gasteiger partial charge in [-0.2, -0.15) is 0 Å². The normalized spacial score (nSPS) is 15.4. The van der Waals surface area contributed by atoms with Crippen molar-refractivity contribution in [2.24, 2.45) is 4.99 Å². The lowest BCUT2D eigenvalue weighted by Gasteiger charge is -2.26. The Morgan fingerprint density at radius 1 is 1.11 bits per heavy atom. The summed E-state index contributed by atoms with van der Waals surface area (Å²) in [7, 11) is 3.49. The van der Waals surface area contributed by atoms with E-state index >= 15 is 0 Å². The summed E-state index contributed by atoms with van der Waals surface area (Å²) in [5.74, 6) is 0.677. The molecule has 1 heterocycles. The summed E-state index contributed by atoms with van der Waals surface area (Å²) < 4.78 is 5.39. The van der Waals surface area contributed by atoms with E-state index in [4.69, 9.17) is 4.74 Å². The minimum absolute atomic E-state index is 0.0106. The molecule has 1 amide bonds. The second-order valence-corrected chi connectivity index (χ2v) is 7.51. The molecule has 7 nitrogen and oxygen atoms in total. The fraction of sp³-hybridized carbons (Fsp3) is 0.619. The molecule has 0 aromatic heterocycles. The first-order valence-electron chi connectivity index (χ1n) is 10.0. The van der Waals surface area contributed by atoms with Crippen LogP contribution in [0.4, 0.5) is 0 Å². The summed E-state index contributed by atoms with van der Waals surface area (Å²) in [5.41, 5.74) is 3.87. The SMILES string of the molecule is Cc1cc(C)cc(CCNC(=NCC(=O)N(C)C)NCCN2CCOCC2)c1. The van der Waals surface area contributed by atoms with E-state index in [1.54, 1.807) is 19.0 Å². The lowest BCUT2D eigenvalue weighted by molar-refractivity contribution is -0.127. The average Bonchev–Trinajstić information content (AvgIpc) is 2.65. The largest absolute Gasteiger partial charge is 0.379 e. The number of hydrogen-bond acceptors (Lipinski definition) is 4. The zero-order valence-electron chi connectivity index (χ0n) is 17.8. The smallest absolute Gasteiger partial charge is 0.243 e. The van der Waals surface area contributed by atoms with Crippen LogP contribution in [0.25, 0.3) is 0 Å². The second-order valence-electron chi connectivity index (χ2n) is 7.51. The van der Waals surface area contributed by atoms with Gasteiger partial charge < -0.3 is 20.3 Å². The van der Waals surface area contributed by atoms with Crippen LogP contribution in [0.3, 0.4) is 0 Å². The molecule has 0 spiro atoms. The molecule has 28 heavy (non-hydrogen) atoms. The number of aryl methyl sites for hydroxylation is 2. The van der Waals surface area contributed by atoms with Gasteiger partial charge in [-0.3, -0.25) is 9.69 Å². The third-order valence-electron chi connectivity index (χ3n) is 4.68. The quantitative estimate of drug-likeness (QED) is 0.509. The van der Waals surface area contributed by atoms with E-state index in [2.05, 4.69) is 52.6 Å². The molecule has 0 saturated carbocycles. The van der Waals surface area contributed by atoms with Crippen molar-refractivity contribution in [1.82, 2.24) is 20.4 Å². The van der Waals surface area contributed by atoms with Crippen LogP contribution in [-0.4, -0.2) is 88.2 Å². The highest BCUT2D eigenvalue weighted by atomic mass is 16.5. The van der Waals surface area contributed by atoms with Gasteiger partial charge in [0.05, 0.1) is 13.2 Å². The summed E-state index contributed by atoms with van der Waals surface area (Å²) in [6, 6.07) is 6.61. The van der Waals surface area contributed by atoms with Crippen molar-refractivity contribution in [3.8, 4) is 0 Å². The summed E-state index contributed by atoms with van der Waals surface area (Å²) in [6.45, 7) is 10.4. The number of guanidine groups is 1. The van der Waals surface area contributed by atoms with Crippen molar-refractivity contribution in [2.75, 3.05) is 66.6 Å². The van der Waals surface area contributed by atoms with Crippen molar-refractivity contribution < 1.29 is 9.53 Å². The van der Waals surface area contributed by atoms with Crippen molar-refractivity contribution in [1.29, 1.82) is 0 Å². The van der Waals surface area contributed by atoms with Crippen LogP contribution in [0, 0.1) is 13.8 Å². The highest BCUT2D eigenvalue weighted by Gasteiger charge is 2.10. The maximum Gasteiger partial charge on any atom is 0.243 e. The maximum atomic E-state index is 11.9. The molecule has 1 aliphatic heterocycles. The molecule has 0 bridgehead atoms. The Labute approximate surface area is 169 Å². The molecular formula is C21H35N5O2. The van der Waals surface area contributed by atoms with Gasteiger partial charge in [-0.1, -0.05) is 29.3 Å². The second kappa shape index (κ2) is 11.7. The van der Waals surface area contributed by atoms with E-state index in [0.29, 0.717) is 5.96 Å². The summed E-state index contributed by atoms with van der Waals surface area (Å²) in [5, 5.41) is 6.72. The molecule has 1 saturated heterocycles. The zero-order valence-corrected chi connectivity index (χ0v) is 17.8. The Kier molecular flexibility index (Phi) is 9.23. The standard InChI is InChI=1S/C21H35N5O2/c1-17-13-18(2)15-19(14-17)5-6-22-21(24-16-20(27)25(3)4)23-7-8-26-9-11-28-12-10-26/h13-15H,5-12,16H2,1-4H3,(H2,22,23,24). The number of carbonyl (C=O) groups is 1. The highest BCUT2D eigenvalue weighted by Crippen LogP contribution is 2.08. The summed E-state index contributed by atoms with van der Waals surface area (Å²) in [4.78, 5) is 20.3. The third kappa shape index (κ3) is 8.27. The van der Waals surface area contributed by atoms with Gasteiger partial charge in [0.2, 0.25) is 5.91 Å². The Balaban J connectivity index is 1.85. The lowest BCUT2D eigenvalue weighted by atomic mass is 10.1. The molecule has 0 unspecified atom stereocenters. The number of amides is 1. The van der Waals surface area contributed by atoms with E-state index in [0.717, 1.165) is 52.4 Å². The van der Waals surface area contributed by atoms with Crippen LogP contribution in [0.2, 0.25) is 0 Å². The Morgan fingerprint density at radius 2 is 1.75 bits per heavy atom. The van der Waals surface area contributed by atoms with Crippen molar-refractivity contribution in [3.05, 3.63) is 34.9 Å². The van der Waals surface area contributed by atoms with Gasteiger partial charge in [-0.15, -0.1) is 0 Å². The van der Waals surface area contributed by atoms with E-state index < -0.39 is 0 Å². The van der Waals surface area contributed by atoms with Crippen LogP contribution in [-0.2, 0) is 16.0 Å². The molecule has 1 aromatic carbocycles. The Bertz CT molecular complexity index is 634. The van der Waals surface area contributed by atoms with Crippen LogP contribution in [0.5, 0.6) is 0 Å². The number of hydrogen-bond donors (Lipinski definition) is 2. The molecule has 0 radical (unpaired) electrons. The molecule has 156 valence electrons. The van der Waals surface area contributed by atoms with Crippen molar-refractivity contribution in [2.45, 2.75) is 20.3 Å². The maximum absolute atomic E-state index is 11.9. The number of rotatable bonds is 8. The van der Waals surface area contributed by atoms with E-state index in [9.17, 15) is 4.79 Å². The van der Waals surface area contributed by atoms with Crippen LogP contribution >= 0.6 is 0 Å². The topological polar surface area (TPSA) is 69.2 Å². The van der Waals surface area contributed by atoms with E-state index in [-0.39, 0.29) is 12.5 Å². The molecule has 2 rings (SSSR count). The Morgan fingerprint density at radius 3 is 2.39 bits per heavy atom. The third-order valence-corrected chi connectivity index (χ3v) is 4.68. The van der Waals surface area contributed by atoms with Crippen molar-refractivity contribution >= 4 is 11.9 Å². The number of morpholine rings is 1. The zero-order chi connectivity index (χ0) is 20.4. The summed E-state index contributed by atoms with van der Waals surface area (Å²) >= 11 is 0. The van der Waals surface area contributed by atoms with Gasteiger partial charge in [0.1, 0.15) is 6.54 Å². The van der Waals surface area contributed by atoms with Gasteiger partial charge in [0, 0.05) is 46.8 Å². The Hall–Kier alpha value is -2.12. The molecule has 2 N–H and O–H groups in total. The van der Waals surface area contributed by atoms with Gasteiger partial charge in [-0.05, 0) is 25.8 Å². The molecular weight excluding hydrogens is 354 g/mol. The van der Waals surface area contributed by atoms with Gasteiger partial charge in [0.25, 0.3) is 0 Å². The molecule has 7 heteroatoms. The minimum Gasteiger partial charge on any atom is -0.379 e. The minimum atomic E-state index is -0.0106. The molecule has 1 aromatic rings. The molecule has 0 aliphatic carbocycles. The van der Waals surface area contributed by atoms with Gasteiger partial charge in [-0.25, -0.2) is 4.99 Å². The monoisotopic (exact) mass is 389 g/mol. The fourth-order valence-electron chi connectivity index (χ4n) is 3.16. The molecule has 1 fully saturated rings. The van der Waals surface area contributed by atoms with E-state index in [1.807, 2.05) is 0 Å². The number of benzene rings is 1. The number of aliphatic imine (C=N–C) groups is 1. The molecule has 0 atom stereocenters. The van der Waals surface area contributed by atoms with E-state index in [1.165, 1.54) is 16.7 Å². The number of ether oxygens (including phenoxy) is 1. The summed E-state index contributed by atoms with van der Waals surface area (Å²) in [6.07, 6.45) is 0.911.